The van der Waals surface area contributed by atoms with E-state index in [2.05, 4.69) is 27.7 Å². The molecule has 0 heteroatoms. The lowest BCUT2D eigenvalue weighted by atomic mass is 9.50. The van der Waals surface area contributed by atoms with Gasteiger partial charge in [-0.2, -0.15) is 0 Å². The summed E-state index contributed by atoms with van der Waals surface area (Å²) >= 11 is 0. The maximum atomic E-state index is 2.69. The second-order valence-electron chi connectivity index (χ2n) is 10.8. The van der Waals surface area contributed by atoms with Crippen molar-refractivity contribution in [2.75, 3.05) is 0 Å². The highest BCUT2D eigenvalue weighted by Gasteiger charge is 2.49. The van der Waals surface area contributed by atoms with Crippen LogP contribution in [0.3, 0.4) is 0 Å². The molecular weight excluding hydrogens is 288 g/mol. The molecule has 0 aliphatic heterocycles. The first kappa shape index (κ1) is 18.8. The summed E-state index contributed by atoms with van der Waals surface area (Å²) in [5.41, 5.74) is 1.27. The molecule has 0 aromatic rings. The van der Waals surface area contributed by atoms with Crippen molar-refractivity contribution in [3.63, 3.8) is 0 Å². The lowest BCUT2D eigenvalue weighted by Gasteiger charge is -2.55. The third-order valence-corrected chi connectivity index (χ3v) is 9.06. The molecule has 3 saturated carbocycles. The predicted molar refractivity (Wildman–Crippen MR) is 106 cm³/mol. The van der Waals surface area contributed by atoms with Crippen molar-refractivity contribution in [3.8, 4) is 0 Å². The summed E-state index contributed by atoms with van der Waals surface area (Å²) in [6.07, 6.45) is 21.2. The second-order valence-corrected chi connectivity index (χ2v) is 10.8. The maximum absolute atomic E-state index is 2.69. The zero-order valence-corrected chi connectivity index (χ0v) is 17.2. The van der Waals surface area contributed by atoms with Crippen LogP contribution in [0.4, 0.5) is 0 Å². The van der Waals surface area contributed by atoms with Crippen molar-refractivity contribution in [1.29, 1.82) is 0 Å². The summed E-state index contributed by atoms with van der Waals surface area (Å²) in [6, 6.07) is 0. The van der Waals surface area contributed by atoms with Crippen LogP contribution in [0.1, 0.15) is 118 Å². The third-order valence-electron chi connectivity index (χ3n) is 9.06. The fraction of sp³-hybridized carbons (Fsp3) is 1.00. The fourth-order valence-corrected chi connectivity index (χ4v) is 6.92. The van der Waals surface area contributed by atoms with Crippen LogP contribution >= 0.6 is 0 Å². The Balaban J connectivity index is 1.80. The van der Waals surface area contributed by atoms with Gasteiger partial charge in [0, 0.05) is 0 Å². The molecule has 3 rings (SSSR count). The zero-order valence-electron chi connectivity index (χ0n) is 17.2. The fourth-order valence-electron chi connectivity index (χ4n) is 6.92. The minimum absolute atomic E-state index is 0.599. The van der Waals surface area contributed by atoms with Crippen molar-refractivity contribution in [2.24, 2.45) is 34.5 Å². The summed E-state index contributed by atoms with van der Waals surface area (Å²) in [5, 5.41) is 0. The van der Waals surface area contributed by atoms with E-state index in [0.717, 1.165) is 23.7 Å². The predicted octanol–water partition coefficient (Wildman–Crippen LogP) is 8.01. The van der Waals surface area contributed by atoms with E-state index in [9.17, 15) is 0 Å². The van der Waals surface area contributed by atoms with Crippen LogP contribution in [0, 0.1) is 34.5 Å². The molecule has 0 amide bonds. The van der Waals surface area contributed by atoms with Gasteiger partial charge in [-0.3, -0.25) is 0 Å². The van der Waals surface area contributed by atoms with Crippen LogP contribution in [-0.2, 0) is 0 Å². The summed E-state index contributed by atoms with van der Waals surface area (Å²) in [5.74, 6) is 3.99. The summed E-state index contributed by atoms with van der Waals surface area (Å²) in [7, 11) is 0. The molecule has 0 saturated heterocycles. The van der Waals surface area contributed by atoms with E-state index >= 15 is 0 Å². The Hall–Kier alpha value is 0. The molecule has 0 nitrogen and oxygen atoms in total. The van der Waals surface area contributed by atoms with Gasteiger partial charge in [-0.05, 0) is 60.2 Å². The first-order valence-corrected chi connectivity index (χ1v) is 11.4. The van der Waals surface area contributed by atoms with Gasteiger partial charge in [0.05, 0.1) is 0 Å². The minimum Gasteiger partial charge on any atom is -0.0617 e. The van der Waals surface area contributed by atoms with Crippen LogP contribution in [0.5, 0.6) is 0 Å². The van der Waals surface area contributed by atoms with Crippen LogP contribution in [0.25, 0.3) is 0 Å². The summed E-state index contributed by atoms with van der Waals surface area (Å²) in [6.45, 7) is 10.4. The van der Waals surface area contributed by atoms with Crippen molar-refractivity contribution in [1.82, 2.24) is 0 Å². The molecule has 3 fully saturated rings. The molecule has 0 radical (unpaired) electrons. The molecule has 2 atom stereocenters. The van der Waals surface area contributed by atoms with Crippen molar-refractivity contribution >= 4 is 0 Å². The van der Waals surface area contributed by atoms with Gasteiger partial charge in [0.2, 0.25) is 0 Å². The van der Waals surface area contributed by atoms with Crippen LogP contribution in [0.15, 0.2) is 0 Å². The smallest absolute Gasteiger partial charge is 0.0240 e. The monoisotopic (exact) mass is 332 g/mol. The first-order valence-electron chi connectivity index (χ1n) is 11.4. The maximum Gasteiger partial charge on any atom is -0.0240 e. The van der Waals surface area contributed by atoms with Crippen LogP contribution in [0.2, 0.25) is 0 Å². The highest BCUT2D eigenvalue weighted by molar-refractivity contribution is 4.99. The van der Waals surface area contributed by atoms with Crippen LogP contribution in [-0.4, -0.2) is 0 Å². The van der Waals surface area contributed by atoms with E-state index < -0.39 is 0 Å². The molecule has 3 aliphatic rings. The van der Waals surface area contributed by atoms with E-state index in [1.807, 2.05) is 0 Å². The average molecular weight is 333 g/mol. The molecule has 3 aliphatic carbocycles. The highest BCUT2D eigenvalue weighted by atomic mass is 14.5. The molecule has 0 heterocycles. The van der Waals surface area contributed by atoms with Gasteiger partial charge in [-0.15, -0.1) is 0 Å². The Kier molecular flexibility index (Phi) is 6.03. The minimum atomic E-state index is 0.599. The molecular formula is C24H44. The lowest BCUT2D eigenvalue weighted by Crippen LogP contribution is -2.46. The molecule has 140 valence electrons. The summed E-state index contributed by atoms with van der Waals surface area (Å²) < 4.78 is 0. The molecule has 2 unspecified atom stereocenters. The Labute approximate surface area is 152 Å². The SMILES string of the molecule is CC(C1CCCCC1)C1(C(C)C2CCCCC2)CCC(C)(C)CC1. The molecule has 0 spiro atoms. The van der Waals surface area contributed by atoms with Crippen molar-refractivity contribution < 1.29 is 0 Å². The normalized spacial score (nSPS) is 31.5. The molecule has 0 bridgehead atoms. The van der Waals surface area contributed by atoms with E-state index in [4.69, 9.17) is 0 Å². The van der Waals surface area contributed by atoms with Gasteiger partial charge in [-0.1, -0.05) is 91.9 Å². The standard InChI is InChI=1S/C24H44/c1-19(21-11-7-5-8-12-21)24(17-15-23(3,4)16-18-24)20(2)22-13-9-6-10-14-22/h19-22H,5-18H2,1-4H3. The van der Waals surface area contributed by atoms with Gasteiger partial charge < -0.3 is 0 Å². The van der Waals surface area contributed by atoms with Crippen molar-refractivity contribution in [3.05, 3.63) is 0 Å². The Morgan fingerprint density at radius 2 is 0.958 bits per heavy atom. The van der Waals surface area contributed by atoms with Gasteiger partial charge in [0.25, 0.3) is 0 Å². The molecule has 0 aromatic carbocycles. The van der Waals surface area contributed by atoms with Gasteiger partial charge in [0.15, 0.2) is 0 Å². The number of hydrogen-bond acceptors (Lipinski definition) is 0. The van der Waals surface area contributed by atoms with Crippen LogP contribution < -0.4 is 0 Å². The van der Waals surface area contributed by atoms with Gasteiger partial charge in [0.1, 0.15) is 0 Å². The second kappa shape index (κ2) is 7.71. The largest absolute Gasteiger partial charge is 0.0617 e. The first-order chi connectivity index (χ1) is 11.4. The third kappa shape index (κ3) is 3.88. The van der Waals surface area contributed by atoms with Gasteiger partial charge >= 0.3 is 0 Å². The zero-order chi connectivity index (χ0) is 17.2. The van der Waals surface area contributed by atoms with Crippen molar-refractivity contribution in [2.45, 2.75) is 118 Å². The summed E-state index contributed by atoms with van der Waals surface area (Å²) in [4.78, 5) is 0. The molecule has 0 aromatic heterocycles. The topological polar surface area (TPSA) is 0 Å². The average Bonchev–Trinajstić information content (AvgIpc) is 2.62. The molecule has 0 N–H and O–H groups in total. The van der Waals surface area contributed by atoms with E-state index in [1.165, 1.54) is 89.9 Å². The van der Waals surface area contributed by atoms with Gasteiger partial charge in [-0.25, -0.2) is 0 Å². The number of hydrogen-bond donors (Lipinski definition) is 0. The quantitative estimate of drug-likeness (QED) is 0.489. The Morgan fingerprint density at radius 3 is 1.33 bits per heavy atom. The van der Waals surface area contributed by atoms with E-state index in [0.29, 0.717) is 10.8 Å². The molecule has 24 heavy (non-hydrogen) atoms. The lowest BCUT2D eigenvalue weighted by molar-refractivity contribution is -0.0549. The number of rotatable bonds is 4. The van der Waals surface area contributed by atoms with E-state index in [1.54, 1.807) is 0 Å². The highest BCUT2D eigenvalue weighted by Crippen LogP contribution is 2.59. The Bertz CT molecular complexity index is 345. The van der Waals surface area contributed by atoms with E-state index in [-0.39, 0.29) is 0 Å². The Morgan fingerprint density at radius 1 is 0.583 bits per heavy atom.